The second-order valence-corrected chi connectivity index (χ2v) is 7.12. The van der Waals surface area contributed by atoms with Crippen molar-refractivity contribution in [2.24, 2.45) is 0 Å². The maximum atomic E-state index is 12.2. The highest BCUT2D eigenvalue weighted by Gasteiger charge is 2.21. The fraction of sp³-hybridized carbons (Fsp3) is 0.200. The fourth-order valence-corrected chi connectivity index (χ4v) is 3.94. The van der Waals surface area contributed by atoms with E-state index in [9.17, 15) is 8.42 Å². The number of nitrogens with one attached hydrogen (secondary N) is 1. The molecule has 0 fully saturated rings. The topological polar surface area (TPSA) is 85.1 Å². The number of aryl methyl sites for hydroxylation is 2. The Balaban J connectivity index is 2.42. The minimum Gasteiger partial charge on any atom is -0.408 e. The highest BCUT2D eigenvalue weighted by atomic mass is 79.9. The number of anilines is 1. The third-order valence-corrected chi connectivity index (χ3v) is 5.38. The molecule has 1 aromatic heterocycles. The molecule has 19 heavy (non-hydrogen) atoms. The van der Waals surface area contributed by atoms with Gasteiger partial charge in [0, 0.05) is 15.9 Å². The molecule has 1 N–H and O–H groups in total. The predicted molar refractivity (Wildman–Crippen MR) is 76.4 cm³/mol. The van der Waals surface area contributed by atoms with E-state index < -0.39 is 10.0 Å². The molecule has 2 rings (SSSR count). The third-order valence-electron chi connectivity index (χ3n) is 2.25. The molecular weight excluding hydrogens is 402 g/mol. The largest absolute Gasteiger partial charge is 0.408 e. The normalized spacial score (nSPS) is 11.6. The second-order valence-electron chi connectivity index (χ2n) is 3.76. The molecule has 1 aromatic carbocycles. The van der Waals surface area contributed by atoms with Gasteiger partial charge in [-0.3, -0.25) is 0 Å². The van der Waals surface area contributed by atoms with E-state index in [0.717, 1.165) is 5.56 Å². The number of rotatable bonds is 3. The van der Waals surface area contributed by atoms with Crippen LogP contribution in [0.5, 0.6) is 0 Å². The second kappa shape index (κ2) is 5.22. The van der Waals surface area contributed by atoms with Crippen LogP contribution in [-0.4, -0.2) is 18.6 Å². The van der Waals surface area contributed by atoms with Crippen molar-refractivity contribution in [2.75, 3.05) is 4.72 Å². The summed E-state index contributed by atoms with van der Waals surface area (Å²) < 4.78 is 32.8. The lowest BCUT2D eigenvalue weighted by atomic mass is 10.2. The summed E-state index contributed by atoms with van der Waals surface area (Å²) in [6, 6.07) is 3.05. The van der Waals surface area contributed by atoms with E-state index in [-0.39, 0.29) is 16.8 Å². The predicted octanol–water partition coefficient (Wildman–Crippen LogP) is 3.01. The SMILES string of the molecule is Cc1nnc(NS(=O)(=O)c2cc(Br)c(C)cc2Br)o1. The number of benzene rings is 1. The Hall–Kier alpha value is -0.930. The number of halogens is 2. The first kappa shape index (κ1) is 14.5. The molecule has 0 saturated heterocycles. The minimum absolute atomic E-state index is 0.0841. The molecule has 0 radical (unpaired) electrons. The van der Waals surface area contributed by atoms with Crippen LogP contribution in [0.4, 0.5) is 6.01 Å². The molecule has 0 aliphatic carbocycles. The van der Waals surface area contributed by atoms with Crippen molar-refractivity contribution in [3.63, 3.8) is 0 Å². The van der Waals surface area contributed by atoms with Crippen molar-refractivity contribution >= 4 is 47.9 Å². The first-order valence-corrected chi connectivity index (χ1v) is 8.15. The summed E-state index contributed by atoms with van der Waals surface area (Å²) in [5.41, 5.74) is 0.916. The van der Waals surface area contributed by atoms with Gasteiger partial charge in [0.1, 0.15) is 4.90 Å². The lowest BCUT2D eigenvalue weighted by Crippen LogP contribution is -2.14. The van der Waals surface area contributed by atoms with Crippen LogP contribution < -0.4 is 4.72 Å². The van der Waals surface area contributed by atoms with Crippen molar-refractivity contribution in [2.45, 2.75) is 18.7 Å². The monoisotopic (exact) mass is 409 g/mol. The number of aromatic nitrogens is 2. The first-order valence-electron chi connectivity index (χ1n) is 5.08. The Morgan fingerprint density at radius 2 is 1.84 bits per heavy atom. The van der Waals surface area contributed by atoms with Crippen molar-refractivity contribution < 1.29 is 12.8 Å². The number of sulfonamides is 1. The lowest BCUT2D eigenvalue weighted by molar-refractivity contribution is 0.534. The van der Waals surface area contributed by atoms with E-state index in [4.69, 9.17) is 4.42 Å². The third kappa shape index (κ3) is 3.15. The van der Waals surface area contributed by atoms with E-state index >= 15 is 0 Å². The zero-order chi connectivity index (χ0) is 14.2. The summed E-state index contributed by atoms with van der Waals surface area (Å²) in [6.07, 6.45) is 0. The summed E-state index contributed by atoms with van der Waals surface area (Å²) >= 11 is 6.53. The molecule has 0 amide bonds. The van der Waals surface area contributed by atoms with Crippen molar-refractivity contribution in [3.05, 3.63) is 32.5 Å². The average molecular weight is 411 g/mol. The Kier molecular flexibility index (Phi) is 3.98. The maximum absolute atomic E-state index is 12.2. The van der Waals surface area contributed by atoms with Crippen molar-refractivity contribution in [3.8, 4) is 0 Å². The smallest absolute Gasteiger partial charge is 0.329 e. The molecule has 0 unspecified atom stereocenters. The van der Waals surface area contributed by atoms with Crippen LogP contribution in [0.3, 0.4) is 0 Å². The van der Waals surface area contributed by atoms with Crippen molar-refractivity contribution in [1.82, 2.24) is 10.2 Å². The molecule has 2 aromatic rings. The summed E-state index contributed by atoms with van der Waals surface area (Å²) in [5, 5.41) is 7.15. The van der Waals surface area contributed by atoms with Gasteiger partial charge in [-0.25, -0.2) is 13.1 Å². The summed E-state index contributed by atoms with van der Waals surface area (Å²) in [7, 11) is -3.79. The zero-order valence-electron chi connectivity index (χ0n) is 9.94. The lowest BCUT2D eigenvalue weighted by Gasteiger charge is -2.08. The van der Waals surface area contributed by atoms with E-state index in [1.54, 1.807) is 13.0 Å². The molecule has 0 atom stereocenters. The van der Waals surface area contributed by atoms with Crippen molar-refractivity contribution in [1.29, 1.82) is 0 Å². The molecule has 6 nitrogen and oxygen atoms in total. The van der Waals surface area contributed by atoms with Gasteiger partial charge in [-0.15, -0.1) is 5.10 Å². The fourth-order valence-electron chi connectivity index (χ4n) is 1.34. The van der Waals surface area contributed by atoms with Gasteiger partial charge in [-0.05, 0) is 40.5 Å². The van der Waals surface area contributed by atoms with Crippen LogP contribution in [0, 0.1) is 13.8 Å². The Morgan fingerprint density at radius 1 is 1.16 bits per heavy atom. The Bertz CT molecular complexity index is 728. The minimum atomic E-state index is -3.79. The Labute approximate surface area is 126 Å². The standard InChI is InChI=1S/C10H9Br2N3O3S/c1-5-3-8(12)9(4-7(5)11)19(16,17)15-10-14-13-6(2)18-10/h3-4H,1-2H3,(H,14,15). The number of hydrogen-bond acceptors (Lipinski definition) is 5. The van der Waals surface area contributed by atoms with Gasteiger partial charge in [0.2, 0.25) is 5.89 Å². The van der Waals surface area contributed by atoms with Gasteiger partial charge in [0.05, 0.1) is 0 Å². The average Bonchev–Trinajstić information content (AvgIpc) is 2.68. The maximum Gasteiger partial charge on any atom is 0.329 e. The van der Waals surface area contributed by atoms with Crippen LogP contribution in [0.1, 0.15) is 11.5 Å². The van der Waals surface area contributed by atoms with E-state index in [1.807, 2.05) is 6.92 Å². The van der Waals surface area contributed by atoms with Gasteiger partial charge < -0.3 is 4.42 Å². The molecule has 0 spiro atoms. The van der Waals surface area contributed by atoms with Crippen LogP contribution >= 0.6 is 31.9 Å². The summed E-state index contributed by atoms with van der Waals surface area (Å²) in [6.45, 7) is 3.43. The van der Waals surface area contributed by atoms with Gasteiger partial charge in [0.25, 0.3) is 10.0 Å². The highest BCUT2D eigenvalue weighted by molar-refractivity contribution is 9.11. The van der Waals surface area contributed by atoms with Gasteiger partial charge in [-0.1, -0.05) is 21.0 Å². The van der Waals surface area contributed by atoms with Crippen LogP contribution in [0.15, 0.2) is 30.4 Å². The zero-order valence-corrected chi connectivity index (χ0v) is 13.9. The molecule has 0 bridgehead atoms. The highest BCUT2D eigenvalue weighted by Crippen LogP contribution is 2.29. The quantitative estimate of drug-likeness (QED) is 0.840. The van der Waals surface area contributed by atoms with Crippen LogP contribution in [0.2, 0.25) is 0 Å². The van der Waals surface area contributed by atoms with Gasteiger partial charge >= 0.3 is 6.01 Å². The van der Waals surface area contributed by atoms with Gasteiger partial charge in [-0.2, -0.15) is 0 Å². The van der Waals surface area contributed by atoms with Gasteiger partial charge in [0.15, 0.2) is 0 Å². The van der Waals surface area contributed by atoms with E-state index in [2.05, 4.69) is 46.8 Å². The Morgan fingerprint density at radius 3 is 2.42 bits per heavy atom. The number of nitrogens with zero attached hydrogens (tertiary/aromatic N) is 2. The van der Waals surface area contributed by atoms with E-state index in [1.165, 1.54) is 6.07 Å². The molecular formula is C10H9Br2N3O3S. The summed E-state index contributed by atoms with van der Waals surface area (Å²) in [4.78, 5) is 0.0841. The first-order chi connectivity index (χ1) is 8.79. The molecule has 102 valence electrons. The van der Waals surface area contributed by atoms with E-state index in [0.29, 0.717) is 8.95 Å². The molecule has 9 heteroatoms. The molecule has 1 heterocycles. The molecule has 0 aliphatic heterocycles. The number of hydrogen-bond donors (Lipinski definition) is 1. The van der Waals surface area contributed by atoms with Crippen LogP contribution in [0.25, 0.3) is 0 Å². The molecule has 0 aliphatic rings. The van der Waals surface area contributed by atoms with Crippen LogP contribution in [-0.2, 0) is 10.0 Å². The molecule has 0 saturated carbocycles. The summed E-state index contributed by atoms with van der Waals surface area (Å²) in [5.74, 6) is 0.279.